The summed E-state index contributed by atoms with van der Waals surface area (Å²) in [6, 6.07) is 8.23. The van der Waals surface area contributed by atoms with Gasteiger partial charge in [-0.3, -0.25) is 4.79 Å². The summed E-state index contributed by atoms with van der Waals surface area (Å²) >= 11 is 0. The quantitative estimate of drug-likeness (QED) is 0.632. The number of methoxy groups -OCH3 is 1. The van der Waals surface area contributed by atoms with Crippen LogP contribution in [0, 0.1) is 11.8 Å². The van der Waals surface area contributed by atoms with Gasteiger partial charge < -0.3 is 15.2 Å². The standard InChI is InChI=1S/C25H33N3O3/c1-31-23-13-10-20(16-27-23)22(15-24(29)30)18-7-4-17(5-8-18)6-11-21-12-9-19-3-2-14-26-25(19)28-21/h9-10,12-13,16-18,22H,2-8,11,14-15H2,1H3,(H,26,28)(H,29,30). The Morgan fingerprint density at radius 2 is 2.06 bits per heavy atom. The Kier molecular flexibility index (Phi) is 7.05. The zero-order valence-electron chi connectivity index (χ0n) is 18.3. The number of rotatable bonds is 8. The summed E-state index contributed by atoms with van der Waals surface area (Å²) in [6.07, 6.45) is 10.9. The smallest absolute Gasteiger partial charge is 0.303 e. The van der Waals surface area contributed by atoms with Crippen molar-refractivity contribution in [3.63, 3.8) is 0 Å². The number of carboxylic acid groups (broad SMARTS) is 1. The number of carbonyl (C=O) groups is 1. The van der Waals surface area contributed by atoms with E-state index in [-0.39, 0.29) is 12.3 Å². The number of nitrogens with one attached hydrogen (secondary N) is 1. The number of nitrogens with zero attached hydrogens (tertiary/aromatic N) is 2. The van der Waals surface area contributed by atoms with Crippen molar-refractivity contribution in [3.05, 3.63) is 47.3 Å². The maximum absolute atomic E-state index is 11.5. The van der Waals surface area contributed by atoms with Gasteiger partial charge in [-0.1, -0.05) is 25.0 Å². The monoisotopic (exact) mass is 423 g/mol. The van der Waals surface area contributed by atoms with Crippen molar-refractivity contribution in [2.24, 2.45) is 11.8 Å². The second-order valence-electron chi connectivity index (χ2n) is 9.00. The van der Waals surface area contributed by atoms with Gasteiger partial charge >= 0.3 is 5.97 Å². The molecule has 6 heteroatoms. The molecule has 0 saturated heterocycles. The molecule has 2 aromatic heterocycles. The van der Waals surface area contributed by atoms with Crippen molar-refractivity contribution in [2.75, 3.05) is 19.0 Å². The molecule has 0 radical (unpaired) electrons. The molecule has 2 N–H and O–H groups in total. The van der Waals surface area contributed by atoms with Gasteiger partial charge in [0.25, 0.3) is 0 Å². The van der Waals surface area contributed by atoms with Crippen LogP contribution in [0.3, 0.4) is 0 Å². The number of aromatic nitrogens is 2. The number of hydrogen-bond acceptors (Lipinski definition) is 5. The predicted octanol–water partition coefficient (Wildman–Crippen LogP) is 4.84. The molecule has 0 spiro atoms. The highest BCUT2D eigenvalue weighted by molar-refractivity contribution is 5.68. The van der Waals surface area contributed by atoms with E-state index < -0.39 is 5.97 Å². The van der Waals surface area contributed by atoms with E-state index in [9.17, 15) is 9.90 Å². The Hall–Kier alpha value is -2.63. The first-order valence-electron chi connectivity index (χ1n) is 11.6. The molecule has 2 aromatic rings. The van der Waals surface area contributed by atoms with Gasteiger partial charge in [-0.05, 0) is 73.5 Å². The molecule has 31 heavy (non-hydrogen) atoms. The molecular formula is C25H33N3O3. The number of pyridine rings is 2. The fourth-order valence-corrected chi connectivity index (χ4v) is 5.22. The summed E-state index contributed by atoms with van der Waals surface area (Å²) in [5, 5.41) is 12.9. The lowest BCUT2D eigenvalue weighted by Gasteiger charge is -2.33. The fraction of sp³-hybridized carbons (Fsp3) is 0.560. The van der Waals surface area contributed by atoms with Gasteiger partial charge in [-0.2, -0.15) is 0 Å². The minimum absolute atomic E-state index is 0.0187. The lowest BCUT2D eigenvalue weighted by Crippen LogP contribution is -2.23. The lowest BCUT2D eigenvalue weighted by atomic mass is 9.72. The third-order valence-corrected chi connectivity index (χ3v) is 7.01. The minimum atomic E-state index is -0.741. The number of aliphatic carboxylic acids is 1. The highest BCUT2D eigenvalue weighted by atomic mass is 16.5. The van der Waals surface area contributed by atoms with Crippen LogP contribution in [0.15, 0.2) is 30.5 Å². The van der Waals surface area contributed by atoms with E-state index in [0.29, 0.717) is 17.7 Å². The number of anilines is 1. The molecule has 0 bridgehead atoms. The second-order valence-corrected chi connectivity index (χ2v) is 9.00. The van der Waals surface area contributed by atoms with Crippen LogP contribution in [0.2, 0.25) is 0 Å². The molecule has 6 nitrogen and oxygen atoms in total. The summed E-state index contributed by atoms with van der Waals surface area (Å²) in [5.74, 6) is 2.01. The molecule has 1 unspecified atom stereocenters. The van der Waals surface area contributed by atoms with Crippen LogP contribution < -0.4 is 10.1 Å². The van der Waals surface area contributed by atoms with Crippen molar-refractivity contribution in [2.45, 2.75) is 63.7 Å². The lowest BCUT2D eigenvalue weighted by molar-refractivity contribution is -0.137. The summed E-state index contributed by atoms with van der Waals surface area (Å²) in [5.41, 5.74) is 3.54. The number of carboxylic acids is 1. The minimum Gasteiger partial charge on any atom is -0.481 e. The van der Waals surface area contributed by atoms with Crippen molar-refractivity contribution in [1.82, 2.24) is 9.97 Å². The number of aryl methyl sites for hydroxylation is 2. The summed E-state index contributed by atoms with van der Waals surface area (Å²) in [4.78, 5) is 20.7. The molecular weight excluding hydrogens is 390 g/mol. The SMILES string of the molecule is COc1ccc(C(CC(=O)O)C2CCC(CCc3ccc4c(n3)NCCC4)CC2)cn1. The van der Waals surface area contributed by atoms with Gasteiger partial charge in [0.05, 0.1) is 13.5 Å². The van der Waals surface area contributed by atoms with E-state index in [4.69, 9.17) is 9.72 Å². The van der Waals surface area contributed by atoms with Crippen LogP contribution in [0.5, 0.6) is 5.88 Å². The number of fused-ring (bicyclic) bond motifs is 1. The molecule has 1 saturated carbocycles. The molecule has 1 atom stereocenters. The Morgan fingerprint density at radius 1 is 1.23 bits per heavy atom. The van der Waals surface area contributed by atoms with Gasteiger partial charge in [0, 0.05) is 24.5 Å². The highest BCUT2D eigenvalue weighted by Gasteiger charge is 2.30. The third kappa shape index (κ3) is 5.54. The van der Waals surface area contributed by atoms with Crippen LogP contribution in [0.4, 0.5) is 5.82 Å². The first kappa shape index (κ1) is 21.6. The van der Waals surface area contributed by atoms with Crippen LogP contribution in [0.25, 0.3) is 0 Å². The molecule has 0 amide bonds. The van der Waals surface area contributed by atoms with E-state index in [1.807, 2.05) is 12.1 Å². The molecule has 3 heterocycles. The third-order valence-electron chi connectivity index (χ3n) is 7.01. The van der Waals surface area contributed by atoms with Crippen LogP contribution in [0.1, 0.15) is 67.7 Å². The van der Waals surface area contributed by atoms with Crippen molar-refractivity contribution < 1.29 is 14.6 Å². The Morgan fingerprint density at radius 3 is 2.77 bits per heavy atom. The van der Waals surface area contributed by atoms with Gasteiger partial charge in [-0.15, -0.1) is 0 Å². The molecule has 2 aliphatic rings. The largest absolute Gasteiger partial charge is 0.481 e. The topological polar surface area (TPSA) is 84.3 Å². The maximum Gasteiger partial charge on any atom is 0.303 e. The number of ether oxygens (including phenoxy) is 1. The average molecular weight is 424 g/mol. The fourth-order valence-electron chi connectivity index (χ4n) is 5.22. The predicted molar refractivity (Wildman–Crippen MR) is 121 cm³/mol. The molecule has 1 aliphatic carbocycles. The Balaban J connectivity index is 1.32. The van der Waals surface area contributed by atoms with E-state index in [1.54, 1.807) is 13.3 Å². The average Bonchev–Trinajstić information content (AvgIpc) is 2.81. The van der Waals surface area contributed by atoms with E-state index in [2.05, 4.69) is 22.4 Å². The van der Waals surface area contributed by atoms with E-state index in [0.717, 1.165) is 62.9 Å². The van der Waals surface area contributed by atoms with E-state index >= 15 is 0 Å². The summed E-state index contributed by atoms with van der Waals surface area (Å²) in [6.45, 7) is 1.02. The normalized spacial score (nSPS) is 21.6. The molecule has 1 aliphatic heterocycles. The van der Waals surface area contributed by atoms with Gasteiger partial charge in [-0.25, -0.2) is 9.97 Å². The van der Waals surface area contributed by atoms with Gasteiger partial charge in [0.15, 0.2) is 0 Å². The Labute approximate surface area is 184 Å². The van der Waals surface area contributed by atoms with Gasteiger partial charge in [0.2, 0.25) is 5.88 Å². The second kappa shape index (κ2) is 10.1. The number of hydrogen-bond donors (Lipinski definition) is 2. The summed E-state index contributed by atoms with van der Waals surface area (Å²) in [7, 11) is 1.59. The highest BCUT2D eigenvalue weighted by Crippen LogP contribution is 2.41. The molecule has 4 rings (SSSR count). The zero-order valence-corrected chi connectivity index (χ0v) is 18.3. The maximum atomic E-state index is 11.5. The molecule has 1 fully saturated rings. The Bertz CT molecular complexity index is 876. The summed E-state index contributed by atoms with van der Waals surface area (Å²) < 4.78 is 5.15. The van der Waals surface area contributed by atoms with Gasteiger partial charge in [0.1, 0.15) is 5.82 Å². The molecule has 166 valence electrons. The van der Waals surface area contributed by atoms with Crippen molar-refractivity contribution in [1.29, 1.82) is 0 Å². The zero-order chi connectivity index (χ0) is 21.6. The van der Waals surface area contributed by atoms with E-state index in [1.165, 1.54) is 17.7 Å². The first-order chi connectivity index (χ1) is 15.1. The van der Waals surface area contributed by atoms with Crippen LogP contribution >= 0.6 is 0 Å². The van der Waals surface area contributed by atoms with Crippen molar-refractivity contribution >= 4 is 11.8 Å². The molecule has 0 aromatic carbocycles. The van der Waals surface area contributed by atoms with Crippen LogP contribution in [-0.2, 0) is 17.6 Å². The first-order valence-corrected chi connectivity index (χ1v) is 11.6. The van der Waals surface area contributed by atoms with Crippen LogP contribution in [-0.4, -0.2) is 34.7 Å². The van der Waals surface area contributed by atoms with Crippen molar-refractivity contribution in [3.8, 4) is 5.88 Å².